The second-order valence-corrected chi connectivity index (χ2v) is 7.45. The van der Waals surface area contributed by atoms with E-state index in [-0.39, 0.29) is 18.1 Å². The SMILES string of the molecule is CCc1nnc(NC(=O)[C@H](C)N2CCC(OCc3ccccn3)CC2)s1. The van der Waals surface area contributed by atoms with Crippen molar-refractivity contribution in [2.45, 2.75) is 51.9 Å². The number of hydrogen-bond acceptors (Lipinski definition) is 7. The molecule has 1 aliphatic rings. The summed E-state index contributed by atoms with van der Waals surface area (Å²) in [7, 11) is 0. The molecule has 3 rings (SSSR count). The second kappa shape index (κ2) is 9.16. The van der Waals surface area contributed by atoms with E-state index in [1.54, 1.807) is 6.20 Å². The molecule has 0 spiro atoms. The van der Waals surface area contributed by atoms with Gasteiger partial charge in [-0.25, -0.2) is 0 Å². The van der Waals surface area contributed by atoms with Crippen LogP contribution in [0.15, 0.2) is 24.4 Å². The van der Waals surface area contributed by atoms with Crippen LogP contribution in [0.4, 0.5) is 5.13 Å². The Hall–Kier alpha value is -1.90. The molecular formula is C18H25N5O2S. The van der Waals surface area contributed by atoms with Gasteiger partial charge < -0.3 is 4.74 Å². The molecule has 0 saturated carbocycles. The van der Waals surface area contributed by atoms with E-state index >= 15 is 0 Å². The maximum absolute atomic E-state index is 12.4. The number of rotatable bonds is 7. The van der Waals surface area contributed by atoms with E-state index in [9.17, 15) is 4.79 Å². The Morgan fingerprint density at radius 2 is 2.19 bits per heavy atom. The van der Waals surface area contributed by atoms with E-state index in [1.165, 1.54) is 11.3 Å². The predicted octanol–water partition coefficient (Wildman–Crippen LogP) is 2.50. The first-order chi connectivity index (χ1) is 12.7. The molecule has 0 aliphatic carbocycles. The van der Waals surface area contributed by atoms with Gasteiger partial charge in [-0.2, -0.15) is 0 Å². The number of hydrogen-bond donors (Lipinski definition) is 1. The van der Waals surface area contributed by atoms with E-state index in [4.69, 9.17) is 4.74 Å². The van der Waals surface area contributed by atoms with E-state index < -0.39 is 0 Å². The molecule has 1 atom stereocenters. The van der Waals surface area contributed by atoms with Crippen molar-refractivity contribution in [2.24, 2.45) is 0 Å². The number of carbonyl (C=O) groups is 1. The molecule has 1 fully saturated rings. The average Bonchev–Trinajstić information content (AvgIpc) is 3.14. The van der Waals surface area contributed by atoms with Crippen molar-refractivity contribution in [2.75, 3.05) is 18.4 Å². The number of nitrogens with one attached hydrogen (secondary N) is 1. The summed E-state index contributed by atoms with van der Waals surface area (Å²) in [6.45, 7) is 6.19. The molecule has 2 aromatic heterocycles. The van der Waals surface area contributed by atoms with Gasteiger partial charge >= 0.3 is 0 Å². The molecule has 2 aromatic rings. The van der Waals surface area contributed by atoms with Gasteiger partial charge in [0, 0.05) is 19.3 Å². The van der Waals surface area contributed by atoms with E-state index in [0.717, 1.165) is 43.1 Å². The highest BCUT2D eigenvalue weighted by Crippen LogP contribution is 2.19. The van der Waals surface area contributed by atoms with Gasteiger partial charge in [0.2, 0.25) is 11.0 Å². The number of piperidine rings is 1. The number of pyridine rings is 1. The molecule has 26 heavy (non-hydrogen) atoms. The lowest BCUT2D eigenvalue weighted by Gasteiger charge is -2.35. The van der Waals surface area contributed by atoms with Crippen LogP contribution in [0, 0.1) is 0 Å². The van der Waals surface area contributed by atoms with Gasteiger partial charge in [-0.05, 0) is 38.3 Å². The quantitative estimate of drug-likeness (QED) is 0.801. The van der Waals surface area contributed by atoms with Gasteiger partial charge in [-0.3, -0.25) is 20.0 Å². The number of ether oxygens (including phenoxy) is 1. The minimum atomic E-state index is -0.194. The lowest BCUT2D eigenvalue weighted by Crippen LogP contribution is -2.47. The van der Waals surface area contributed by atoms with E-state index in [2.05, 4.69) is 25.4 Å². The van der Waals surface area contributed by atoms with Gasteiger partial charge in [0.05, 0.1) is 24.4 Å². The first-order valence-electron chi connectivity index (χ1n) is 9.04. The Morgan fingerprint density at radius 3 is 2.85 bits per heavy atom. The maximum atomic E-state index is 12.4. The Bertz CT molecular complexity index is 701. The third-order valence-corrected chi connectivity index (χ3v) is 5.58. The Labute approximate surface area is 157 Å². The predicted molar refractivity (Wildman–Crippen MR) is 101 cm³/mol. The summed E-state index contributed by atoms with van der Waals surface area (Å²) in [6.07, 6.45) is 4.67. The molecule has 0 aromatic carbocycles. The molecule has 0 radical (unpaired) electrons. The number of anilines is 1. The van der Waals surface area contributed by atoms with Crippen molar-refractivity contribution in [1.82, 2.24) is 20.1 Å². The van der Waals surface area contributed by atoms with Gasteiger partial charge in [0.1, 0.15) is 5.01 Å². The molecule has 1 aliphatic heterocycles. The van der Waals surface area contributed by atoms with Crippen LogP contribution in [0.2, 0.25) is 0 Å². The first kappa shape index (κ1) is 18.9. The second-order valence-electron chi connectivity index (χ2n) is 6.39. The molecule has 1 saturated heterocycles. The van der Waals surface area contributed by atoms with E-state index in [1.807, 2.05) is 32.0 Å². The molecule has 0 bridgehead atoms. The summed E-state index contributed by atoms with van der Waals surface area (Å²) in [5, 5.41) is 12.4. The lowest BCUT2D eigenvalue weighted by molar-refractivity contribution is -0.122. The highest BCUT2D eigenvalue weighted by Gasteiger charge is 2.27. The van der Waals surface area contributed by atoms with Gasteiger partial charge in [0.25, 0.3) is 0 Å². The van der Waals surface area contributed by atoms with Gasteiger partial charge in [0.15, 0.2) is 0 Å². The van der Waals surface area contributed by atoms with Gasteiger partial charge in [-0.15, -0.1) is 10.2 Å². The normalized spacial score (nSPS) is 17.2. The number of aryl methyl sites for hydroxylation is 1. The highest BCUT2D eigenvalue weighted by molar-refractivity contribution is 7.15. The smallest absolute Gasteiger partial charge is 0.243 e. The summed E-state index contributed by atoms with van der Waals surface area (Å²) in [6, 6.07) is 5.65. The summed E-state index contributed by atoms with van der Waals surface area (Å²) in [5.74, 6) is -0.0309. The molecule has 0 unspecified atom stereocenters. The highest BCUT2D eigenvalue weighted by atomic mass is 32.1. The topological polar surface area (TPSA) is 80.2 Å². The molecule has 3 heterocycles. The number of aromatic nitrogens is 3. The van der Waals surface area contributed by atoms with Gasteiger partial charge in [-0.1, -0.05) is 24.3 Å². The zero-order valence-corrected chi connectivity index (χ0v) is 16.0. The third kappa shape index (κ3) is 5.06. The molecule has 8 heteroatoms. The van der Waals surface area contributed by atoms with Crippen LogP contribution in [0.3, 0.4) is 0 Å². The summed E-state index contributed by atoms with van der Waals surface area (Å²) < 4.78 is 5.96. The van der Waals surface area contributed by atoms with Crippen LogP contribution in [0.1, 0.15) is 37.4 Å². The Balaban J connectivity index is 1.42. The summed E-state index contributed by atoms with van der Waals surface area (Å²) >= 11 is 1.43. The molecular weight excluding hydrogens is 350 g/mol. The van der Waals surface area contributed by atoms with Crippen LogP contribution in [0.5, 0.6) is 0 Å². The van der Waals surface area contributed by atoms with Crippen molar-refractivity contribution >= 4 is 22.4 Å². The van der Waals surface area contributed by atoms with Crippen molar-refractivity contribution in [1.29, 1.82) is 0 Å². The van der Waals surface area contributed by atoms with Crippen LogP contribution in [-0.4, -0.2) is 51.2 Å². The number of amides is 1. The fourth-order valence-electron chi connectivity index (χ4n) is 2.94. The standard InChI is InChI=1S/C18H25N5O2S/c1-3-16-21-22-18(26-16)20-17(24)13(2)23-10-7-15(8-11-23)25-12-14-6-4-5-9-19-14/h4-6,9,13,15H,3,7-8,10-12H2,1-2H3,(H,20,22,24)/t13-/m0/s1. The Kier molecular flexibility index (Phi) is 6.65. The summed E-state index contributed by atoms with van der Waals surface area (Å²) in [4.78, 5) is 18.9. The number of nitrogens with zero attached hydrogens (tertiary/aromatic N) is 4. The van der Waals surface area contributed by atoms with Crippen molar-refractivity contribution < 1.29 is 9.53 Å². The molecule has 140 valence electrons. The minimum absolute atomic E-state index is 0.0309. The minimum Gasteiger partial charge on any atom is -0.372 e. The zero-order chi connectivity index (χ0) is 18.4. The van der Waals surface area contributed by atoms with Crippen molar-refractivity contribution in [3.63, 3.8) is 0 Å². The Morgan fingerprint density at radius 1 is 1.38 bits per heavy atom. The van der Waals surface area contributed by atoms with Crippen LogP contribution >= 0.6 is 11.3 Å². The largest absolute Gasteiger partial charge is 0.372 e. The van der Waals surface area contributed by atoms with Crippen LogP contribution < -0.4 is 5.32 Å². The van der Waals surface area contributed by atoms with Crippen molar-refractivity contribution in [3.05, 3.63) is 35.1 Å². The number of likely N-dealkylation sites (tertiary alicyclic amines) is 1. The van der Waals surface area contributed by atoms with E-state index in [0.29, 0.717) is 11.7 Å². The van der Waals surface area contributed by atoms with Crippen molar-refractivity contribution in [3.8, 4) is 0 Å². The monoisotopic (exact) mass is 375 g/mol. The molecule has 7 nitrogen and oxygen atoms in total. The third-order valence-electron chi connectivity index (χ3n) is 4.60. The average molecular weight is 375 g/mol. The molecule has 1 N–H and O–H groups in total. The maximum Gasteiger partial charge on any atom is 0.243 e. The van der Waals surface area contributed by atoms with Crippen LogP contribution in [-0.2, 0) is 22.6 Å². The number of carbonyl (C=O) groups excluding carboxylic acids is 1. The summed E-state index contributed by atoms with van der Waals surface area (Å²) in [5.41, 5.74) is 0.950. The fraction of sp³-hybridized carbons (Fsp3) is 0.556. The molecule has 1 amide bonds. The first-order valence-corrected chi connectivity index (χ1v) is 9.86. The zero-order valence-electron chi connectivity index (χ0n) is 15.2. The lowest BCUT2D eigenvalue weighted by atomic mass is 10.1. The fourth-order valence-corrected chi connectivity index (χ4v) is 3.62. The van der Waals surface area contributed by atoms with Crippen LogP contribution in [0.25, 0.3) is 0 Å².